The van der Waals surface area contributed by atoms with Crippen LogP contribution in [0.15, 0.2) is 47.4 Å². The Morgan fingerprint density at radius 1 is 1.07 bits per heavy atom. The van der Waals surface area contributed by atoms with E-state index in [1.54, 1.807) is 29.2 Å². The van der Waals surface area contributed by atoms with Crippen molar-refractivity contribution in [2.75, 3.05) is 11.4 Å². The van der Waals surface area contributed by atoms with Gasteiger partial charge in [-0.2, -0.15) is 0 Å². The van der Waals surface area contributed by atoms with Crippen molar-refractivity contribution < 1.29 is 17.6 Å². The minimum absolute atomic E-state index is 0.0790. The Morgan fingerprint density at radius 2 is 1.80 bits per heavy atom. The van der Waals surface area contributed by atoms with Crippen molar-refractivity contribution in [3.63, 3.8) is 0 Å². The van der Waals surface area contributed by atoms with Gasteiger partial charge >= 0.3 is 6.03 Å². The Labute approximate surface area is 176 Å². The highest BCUT2D eigenvalue weighted by atomic mass is 32.2. The number of sulfonamides is 1. The summed E-state index contributed by atoms with van der Waals surface area (Å²) in [5.41, 5.74) is 2.28. The Kier molecular flexibility index (Phi) is 6.06. The smallest absolute Gasteiger partial charge is 0.322 e. The monoisotopic (exact) mass is 431 g/mol. The lowest BCUT2D eigenvalue weighted by molar-refractivity contribution is 0.238. The molecule has 0 bridgehead atoms. The molecule has 8 heteroatoms. The van der Waals surface area contributed by atoms with Gasteiger partial charge in [0.25, 0.3) is 0 Å². The molecule has 0 aromatic heterocycles. The quantitative estimate of drug-likeness (QED) is 0.758. The number of amides is 2. The number of anilines is 1. The molecule has 0 unspecified atom stereocenters. The minimum atomic E-state index is -3.71. The Bertz CT molecular complexity index is 1020. The summed E-state index contributed by atoms with van der Waals surface area (Å²) in [4.78, 5) is 14.6. The van der Waals surface area contributed by atoms with E-state index in [0.717, 1.165) is 36.9 Å². The molecular formula is C22H26FN3O3S. The van der Waals surface area contributed by atoms with Crippen LogP contribution >= 0.6 is 0 Å². The molecule has 0 spiro atoms. The molecule has 1 saturated carbocycles. The summed E-state index contributed by atoms with van der Waals surface area (Å²) < 4.78 is 40.9. The number of carbonyl (C=O) groups excluding carboxylic acids is 1. The Balaban J connectivity index is 1.43. The van der Waals surface area contributed by atoms with Crippen LogP contribution in [0.3, 0.4) is 0 Å². The molecule has 0 atom stereocenters. The van der Waals surface area contributed by atoms with Crippen molar-refractivity contribution in [1.82, 2.24) is 10.0 Å². The molecule has 6 nitrogen and oxygen atoms in total. The number of hydrogen-bond donors (Lipinski definition) is 2. The van der Waals surface area contributed by atoms with Crippen LogP contribution < -0.4 is 14.9 Å². The number of rotatable bonds is 5. The molecule has 2 aromatic carbocycles. The molecule has 1 fully saturated rings. The second-order valence-electron chi connectivity index (χ2n) is 7.93. The van der Waals surface area contributed by atoms with Crippen molar-refractivity contribution >= 4 is 21.7 Å². The van der Waals surface area contributed by atoms with Gasteiger partial charge in [0.05, 0.1) is 4.90 Å². The summed E-state index contributed by atoms with van der Waals surface area (Å²) in [5.74, 6) is -0.364. The molecule has 0 radical (unpaired) electrons. The summed E-state index contributed by atoms with van der Waals surface area (Å²) >= 11 is 0. The van der Waals surface area contributed by atoms with Crippen molar-refractivity contribution in [3.05, 3.63) is 59.4 Å². The first-order valence-electron chi connectivity index (χ1n) is 10.4. The lowest BCUT2D eigenvalue weighted by Gasteiger charge is -2.26. The number of nitrogens with one attached hydrogen (secondary N) is 2. The average Bonchev–Trinajstić information content (AvgIpc) is 3.18. The molecule has 4 rings (SSSR count). The lowest BCUT2D eigenvalue weighted by atomic mass is 9.96. The Hall–Kier alpha value is -2.45. The van der Waals surface area contributed by atoms with E-state index in [4.69, 9.17) is 0 Å². The first-order chi connectivity index (χ1) is 14.4. The fraction of sp³-hybridized carbons (Fsp3) is 0.409. The summed E-state index contributed by atoms with van der Waals surface area (Å²) in [5, 5.41) is 3.12. The molecule has 30 heavy (non-hydrogen) atoms. The number of benzene rings is 2. The van der Waals surface area contributed by atoms with E-state index >= 15 is 0 Å². The van der Waals surface area contributed by atoms with Gasteiger partial charge in [-0.3, -0.25) is 4.90 Å². The maximum absolute atomic E-state index is 13.0. The molecule has 1 heterocycles. The van der Waals surface area contributed by atoms with Crippen LogP contribution in [0.25, 0.3) is 0 Å². The van der Waals surface area contributed by atoms with Crippen LogP contribution in [0.5, 0.6) is 0 Å². The zero-order valence-electron chi connectivity index (χ0n) is 16.7. The van der Waals surface area contributed by atoms with Gasteiger partial charge in [0.15, 0.2) is 0 Å². The van der Waals surface area contributed by atoms with Gasteiger partial charge < -0.3 is 5.32 Å². The molecule has 1 aliphatic carbocycles. The third-order valence-electron chi connectivity index (χ3n) is 5.81. The standard InChI is InChI=1S/C22H26FN3O3S/c23-18-8-6-16(7-9-18)15-24-30(28,29)20-10-11-21-17(14-20)12-13-26(21)22(27)25-19-4-2-1-3-5-19/h6-11,14,19,24H,1-5,12-13,15H2,(H,25,27). The second-order valence-corrected chi connectivity index (χ2v) is 9.69. The number of fused-ring (bicyclic) bond motifs is 1. The second kappa shape index (κ2) is 8.73. The largest absolute Gasteiger partial charge is 0.335 e. The molecule has 2 N–H and O–H groups in total. The molecule has 1 aliphatic heterocycles. The maximum Gasteiger partial charge on any atom is 0.322 e. The normalized spacial score (nSPS) is 17.0. The summed E-state index contributed by atoms with van der Waals surface area (Å²) in [6.45, 7) is 0.621. The summed E-state index contributed by atoms with van der Waals surface area (Å²) in [6, 6.07) is 10.7. The fourth-order valence-electron chi connectivity index (χ4n) is 4.12. The van der Waals surface area contributed by atoms with Gasteiger partial charge in [0, 0.05) is 24.8 Å². The van der Waals surface area contributed by atoms with E-state index in [-0.39, 0.29) is 29.3 Å². The van der Waals surface area contributed by atoms with Crippen molar-refractivity contribution in [1.29, 1.82) is 0 Å². The van der Waals surface area contributed by atoms with E-state index in [1.165, 1.54) is 24.6 Å². The van der Waals surface area contributed by atoms with Gasteiger partial charge in [0.2, 0.25) is 10.0 Å². The van der Waals surface area contributed by atoms with Crippen LogP contribution in [0.4, 0.5) is 14.9 Å². The van der Waals surface area contributed by atoms with Gasteiger partial charge in [-0.1, -0.05) is 31.4 Å². The number of urea groups is 1. The maximum atomic E-state index is 13.0. The summed E-state index contributed by atoms with van der Waals surface area (Å²) in [7, 11) is -3.71. The van der Waals surface area contributed by atoms with Gasteiger partial charge in [-0.25, -0.2) is 22.3 Å². The van der Waals surface area contributed by atoms with E-state index in [2.05, 4.69) is 10.0 Å². The topological polar surface area (TPSA) is 78.5 Å². The highest BCUT2D eigenvalue weighted by Crippen LogP contribution is 2.30. The van der Waals surface area contributed by atoms with E-state index in [0.29, 0.717) is 18.5 Å². The predicted octanol–water partition coefficient (Wildman–Crippen LogP) is 3.71. The molecular weight excluding hydrogens is 405 g/mol. The highest BCUT2D eigenvalue weighted by Gasteiger charge is 2.28. The molecule has 2 aliphatic rings. The van der Waals surface area contributed by atoms with Crippen LogP contribution in [-0.4, -0.2) is 27.0 Å². The Morgan fingerprint density at radius 3 is 2.53 bits per heavy atom. The van der Waals surface area contributed by atoms with Gasteiger partial charge in [0.1, 0.15) is 5.82 Å². The average molecular weight is 432 g/mol. The van der Waals surface area contributed by atoms with Crippen molar-refractivity contribution in [2.24, 2.45) is 0 Å². The third kappa shape index (κ3) is 4.65. The minimum Gasteiger partial charge on any atom is -0.335 e. The van der Waals surface area contributed by atoms with Crippen molar-refractivity contribution in [3.8, 4) is 0 Å². The molecule has 2 amide bonds. The predicted molar refractivity (Wildman–Crippen MR) is 113 cm³/mol. The molecule has 2 aromatic rings. The van der Waals surface area contributed by atoms with E-state index < -0.39 is 10.0 Å². The first kappa shape index (κ1) is 20.8. The zero-order chi connectivity index (χ0) is 21.1. The number of carbonyl (C=O) groups is 1. The summed E-state index contributed by atoms with van der Waals surface area (Å²) in [6.07, 6.45) is 6.17. The van der Waals surface area contributed by atoms with Crippen LogP contribution in [0.2, 0.25) is 0 Å². The fourth-order valence-corrected chi connectivity index (χ4v) is 5.19. The SMILES string of the molecule is O=C(NC1CCCCC1)N1CCc2cc(S(=O)(=O)NCc3ccc(F)cc3)ccc21. The van der Waals surface area contributed by atoms with Crippen LogP contribution in [0.1, 0.15) is 43.2 Å². The van der Waals surface area contributed by atoms with Crippen molar-refractivity contribution in [2.45, 2.75) is 56.0 Å². The first-order valence-corrected chi connectivity index (χ1v) is 11.9. The van der Waals surface area contributed by atoms with E-state index in [9.17, 15) is 17.6 Å². The van der Waals surface area contributed by atoms with Gasteiger partial charge in [-0.05, 0) is 60.7 Å². The number of hydrogen-bond acceptors (Lipinski definition) is 3. The van der Waals surface area contributed by atoms with Crippen LogP contribution in [0, 0.1) is 5.82 Å². The van der Waals surface area contributed by atoms with Crippen LogP contribution in [-0.2, 0) is 23.0 Å². The third-order valence-corrected chi connectivity index (χ3v) is 7.21. The number of nitrogens with zero attached hydrogens (tertiary/aromatic N) is 1. The molecule has 0 saturated heterocycles. The number of halogens is 1. The van der Waals surface area contributed by atoms with Gasteiger partial charge in [-0.15, -0.1) is 0 Å². The molecule has 160 valence electrons. The van der Waals surface area contributed by atoms with E-state index in [1.807, 2.05) is 0 Å². The lowest BCUT2D eigenvalue weighted by Crippen LogP contribution is -2.45. The highest BCUT2D eigenvalue weighted by molar-refractivity contribution is 7.89. The zero-order valence-corrected chi connectivity index (χ0v) is 17.6.